The molecule has 2 unspecified atom stereocenters. The van der Waals surface area contributed by atoms with Gasteiger partial charge >= 0.3 is 11.9 Å². The van der Waals surface area contributed by atoms with Crippen LogP contribution in [0.5, 0.6) is 0 Å². The molecule has 9 heteroatoms. The van der Waals surface area contributed by atoms with E-state index in [1.54, 1.807) is 0 Å². The molecule has 0 aromatic heterocycles. The normalized spacial score (nSPS) is 13.3. The van der Waals surface area contributed by atoms with Crippen LogP contribution in [0.3, 0.4) is 0 Å². The van der Waals surface area contributed by atoms with Crippen LogP contribution < -0.4 is 10.6 Å². The molecule has 0 rings (SSSR count). The van der Waals surface area contributed by atoms with Gasteiger partial charge in [0.15, 0.2) is 0 Å². The van der Waals surface area contributed by atoms with Gasteiger partial charge in [-0.3, -0.25) is 14.4 Å². The number of unbranched alkanes of at least 4 members (excludes halogenated alkanes) is 11. The van der Waals surface area contributed by atoms with Gasteiger partial charge in [-0.2, -0.15) is 0 Å². The maximum absolute atomic E-state index is 12.7. The molecule has 53 heavy (non-hydrogen) atoms. The number of rotatable bonds is 35. The minimum absolute atomic E-state index is 0.153. The lowest BCUT2D eigenvalue weighted by Crippen LogP contribution is -2.47. The number of hydrogen-bond donors (Lipinski definition) is 4. The van der Waals surface area contributed by atoms with E-state index in [4.69, 9.17) is 14.9 Å². The van der Waals surface area contributed by atoms with Gasteiger partial charge in [-0.05, 0) is 89.5 Å². The van der Waals surface area contributed by atoms with Crippen molar-refractivity contribution in [1.29, 1.82) is 0 Å². The van der Waals surface area contributed by atoms with Crippen molar-refractivity contribution in [2.75, 3.05) is 13.2 Å². The van der Waals surface area contributed by atoms with Crippen LogP contribution in [-0.4, -0.2) is 59.3 Å². The van der Waals surface area contributed by atoms with Crippen LogP contribution in [-0.2, 0) is 23.9 Å². The lowest BCUT2D eigenvalue weighted by Gasteiger charge is -2.15. The number of ether oxygens (including phenoxy) is 1. The molecule has 0 spiro atoms. The van der Waals surface area contributed by atoms with Crippen LogP contribution in [0.25, 0.3) is 0 Å². The first kappa shape index (κ1) is 49.3. The molecule has 300 valence electrons. The molecule has 0 aromatic carbocycles. The zero-order valence-electron chi connectivity index (χ0n) is 33.0. The Morgan fingerprint density at radius 3 is 1.72 bits per heavy atom. The number of carbonyl (C=O) groups excluding carboxylic acids is 3. The predicted molar refractivity (Wildman–Crippen MR) is 217 cm³/mol. The zero-order chi connectivity index (χ0) is 39.0. The molecule has 0 radical (unpaired) electrons. The van der Waals surface area contributed by atoms with E-state index in [1.165, 1.54) is 25.7 Å². The van der Waals surface area contributed by atoms with E-state index in [0.717, 1.165) is 96.3 Å². The number of carbonyl (C=O) groups is 4. The largest absolute Gasteiger partial charge is 0.480 e. The molecule has 0 aliphatic carbocycles. The number of nitrogens with one attached hydrogen (secondary N) is 2. The van der Waals surface area contributed by atoms with Crippen molar-refractivity contribution in [3.05, 3.63) is 72.9 Å². The highest BCUT2D eigenvalue weighted by atomic mass is 16.5. The van der Waals surface area contributed by atoms with Crippen molar-refractivity contribution in [2.24, 2.45) is 0 Å². The van der Waals surface area contributed by atoms with Gasteiger partial charge in [0.1, 0.15) is 12.1 Å². The van der Waals surface area contributed by atoms with Crippen LogP contribution in [0, 0.1) is 0 Å². The third-order valence-electron chi connectivity index (χ3n) is 8.42. The van der Waals surface area contributed by atoms with Crippen molar-refractivity contribution in [3.8, 4) is 0 Å². The number of aliphatic hydroxyl groups is 1. The Bertz CT molecular complexity index is 1120. The number of hydrogen-bond acceptors (Lipinski definition) is 6. The van der Waals surface area contributed by atoms with E-state index in [1.807, 2.05) is 6.08 Å². The number of aliphatic hydroxyl groups excluding tert-OH is 1. The van der Waals surface area contributed by atoms with E-state index >= 15 is 0 Å². The SMILES string of the molecule is CC/C=C\C/C=C\C/C=C\C/C=C\CCCCCCC(=O)OC(/C=C\C/C=C\CCCCCC)CCCCCCC(=O)NCC(=O)NC(CO)C(=O)O. The fourth-order valence-corrected chi connectivity index (χ4v) is 5.30. The van der Waals surface area contributed by atoms with Gasteiger partial charge in [0, 0.05) is 12.8 Å². The molecule has 0 bridgehead atoms. The lowest BCUT2D eigenvalue weighted by molar-refractivity contribution is -0.147. The molecule has 0 aliphatic heterocycles. The summed E-state index contributed by atoms with van der Waals surface area (Å²) in [5.41, 5.74) is 0. The summed E-state index contributed by atoms with van der Waals surface area (Å²) in [4.78, 5) is 47.5. The molecule has 0 aliphatic rings. The Morgan fingerprint density at radius 2 is 1.13 bits per heavy atom. The molecule has 9 nitrogen and oxygen atoms in total. The fraction of sp³-hybridized carbons (Fsp3) is 0.636. The summed E-state index contributed by atoms with van der Waals surface area (Å²) in [6.45, 7) is 3.29. The Hall–Kier alpha value is -3.72. The van der Waals surface area contributed by atoms with Crippen molar-refractivity contribution >= 4 is 23.8 Å². The van der Waals surface area contributed by atoms with Crippen LogP contribution >= 0.6 is 0 Å². The predicted octanol–water partition coefficient (Wildman–Crippen LogP) is 9.54. The Balaban J connectivity index is 4.41. The van der Waals surface area contributed by atoms with E-state index < -0.39 is 24.5 Å². The molecular weight excluding hydrogens is 668 g/mol. The number of amides is 2. The minimum Gasteiger partial charge on any atom is -0.480 e. The number of esters is 1. The van der Waals surface area contributed by atoms with Gasteiger partial charge in [0.25, 0.3) is 0 Å². The minimum atomic E-state index is -1.40. The van der Waals surface area contributed by atoms with Gasteiger partial charge in [0.2, 0.25) is 11.8 Å². The standard InChI is InChI=1S/C44H72N2O7/c1-3-5-7-9-11-13-14-15-16-17-18-19-20-22-24-26-32-36-43(50)53-39(33-29-25-23-21-12-10-8-6-4-2)34-30-27-28-31-35-41(48)45-37-42(49)46-40(38-47)44(51)52/h5,7,11,13,15-16,18-19,21,23,29,33,39-40,47H,3-4,6,8-10,12,14,17,20,22,24-28,30-32,34-38H2,1-2H3,(H,45,48)(H,46,49)(H,51,52)/b7-5-,13-11-,16-15-,19-18-,23-21-,33-29-. The van der Waals surface area contributed by atoms with Gasteiger partial charge in [-0.25, -0.2) is 4.79 Å². The zero-order valence-corrected chi connectivity index (χ0v) is 33.0. The molecule has 0 saturated carbocycles. The van der Waals surface area contributed by atoms with E-state index in [-0.39, 0.29) is 30.9 Å². The monoisotopic (exact) mass is 741 g/mol. The summed E-state index contributed by atoms with van der Waals surface area (Å²) >= 11 is 0. The first-order chi connectivity index (χ1) is 25.8. The molecule has 2 atom stereocenters. The maximum atomic E-state index is 12.7. The van der Waals surface area contributed by atoms with E-state index in [0.29, 0.717) is 12.8 Å². The number of carboxylic acids is 1. The molecule has 0 aromatic rings. The summed E-state index contributed by atoms with van der Waals surface area (Å²) < 4.78 is 5.87. The third kappa shape index (κ3) is 35.1. The summed E-state index contributed by atoms with van der Waals surface area (Å²) in [7, 11) is 0. The van der Waals surface area contributed by atoms with Crippen LogP contribution in [0.4, 0.5) is 0 Å². The topological polar surface area (TPSA) is 142 Å². The second kappa shape index (κ2) is 38.0. The van der Waals surface area contributed by atoms with Crippen molar-refractivity contribution in [2.45, 2.75) is 167 Å². The Kier molecular flexibility index (Phi) is 35.3. The van der Waals surface area contributed by atoms with Gasteiger partial charge < -0.3 is 25.6 Å². The van der Waals surface area contributed by atoms with Crippen molar-refractivity contribution < 1.29 is 34.1 Å². The number of allylic oxidation sites excluding steroid dienone is 11. The van der Waals surface area contributed by atoms with Gasteiger partial charge in [-0.1, -0.05) is 126 Å². The summed E-state index contributed by atoms with van der Waals surface area (Å²) in [6, 6.07) is -1.40. The second-order valence-corrected chi connectivity index (χ2v) is 13.3. The highest BCUT2D eigenvalue weighted by Gasteiger charge is 2.18. The quantitative estimate of drug-likeness (QED) is 0.0288. The summed E-state index contributed by atoms with van der Waals surface area (Å²) in [5.74, 6) is -2.46. The average Bonchev–Trinajstić information content (AvgIpc) is 3.14. The first-order valence-corrected chi connectivity index (χ1v) is 20.3. The second-order valence-electron chi connectivity index (χ2n) is 13.3. The molecular formula is C44H72N2O7. The first-order valence-electron chi connectivity index (χ1n) is 20.3. The third-order valence-corrected chi connectivity index (χ3v) is 8.42. The van der Waals surface area contributed by atoms with Crippen LogP contribution in [0.15, 0.2) is 72.9 Å². The number of aliphatic carboxylic acids is 1. The Morgan fingerprint density at radius 1 is 0.604 bits per heavy atom. The van der Waals surface area contributed by atoms with Gasteiger partial charge in [-0.15, -0.1) is 0 Å². The molecule has 2 amide bonds. The Labute approximate surface area is 321 Å². The summed E-state index contributed by atoms with van der Waals surface area (Å²) in [6.07, 6.45) is 46.6. The molecule has 0 fully saturated rings. The average molecular weight is 741 g/mol. The van der Waals surface area contributed by atoms with Crippen molar-refractivity contribution in [3.63, 3.8) is 0 Å². The van der Waals surface area contributed by atoms with Crippen molar-refractivity contribution in [1.82, 2.24) is 10.6 Å². The summed E-state index contributed by atoms with van der Waals surface area (Å²) in [5, 5.41) is 22.5. The van der Waals surface area contributed by atoms with Crippen LogP contribution in [0.1, 0.15) is 155 Å². The van der Waals surface area contributed by atoms with E-state index in [2.05, 4.69) is 91.3 Å². The van der Waals surface area contributed by atoms with E-state index in [9.17, 15) is 19.2 Å². The molecule has 0 saturated heterocycles. The van der Waals surface area contributed by atoms with Gasteiger partial charge in [0.05, 0.1) is 13.2 Å². The highest BCUT2D eigenvalue weighted by Crippen LogP contribution is 2.14. The fourth-order valence-electron chi connectivity index (χ4n) is 5.30. The smallest absolute Gasteiger partial charge is 0.328 e. The maximum Gasteiger partial charge on any atom is 0.328 e. The lowest BCUT2D eigenvalue weighted by atomic mass is 10.1. The number of carboxylic acid groups (broad SMARTS) is 1. The molecule has 0 heterocycles. The highest BCUT2D eigenvalue weighted by molar-refractivity contribution is 5.87. The molecule has 4 N–H and O–H groups in total. The van der Waals surface area contributed by atoms with Crippen LogP contribution in [0.2, 0.25) is 0 Å².